The van der Waals surface area contributed by atoms with Gasteiger partial charge in [0.05, 0.1) is 4.90 Å². The Morgan fingerprint density at radius 3 is 2.10 bits per heavy atom. The molecule has 3 nitrogen and oxygen atoms in total. The number of rotatable bonds is 9. The van der Waals surface area contributed by atoms with Crippen molar-refractivity contribution in [2.75, 3.05) is 0 Å². The van der Waals surface area contributed by atoms with Gasteiger partial charge in [-0.05, 0) is 24.5 Å². The van der Waals surface area contributed by atoms with Crippen LogP contribution in [-0.2, 0) is 16.5 Å². The summed E-state index contributed by atoms with van der Waals surface area (Å²) in [6, 6.07) is 6.69. The Morgan fingerprint density at radius 1 is 0.950 bits per heavy atom. The van der Waals surface area contributed by atoms with Gasteiger partial charge in [0.2, 0.25) is 0 Å². The molecule has 1 rings (SSSR count). The Morgan fingerprint density at radius 2 is 1.50 bits per heavy atom. The summed E-state index contributed by atoms with van der Waals surface area (Å²) in [7, 11) is -4.09. The molecule has 0 saturated heterocycles. The number of hydrogen-bond donors (Lipinski definition) is 1. The van der Waals surface area contributed by atoms with Crippen molar-refractivity contribution in [1.82, 2.24) is 0 Å². The van der Waals surface area contributed by atoms with E-state index in [1.165, 1.54) is 38.2 Å². The van der Waals surface area contributed by atoms with E-state index in [2.05, 4.69) is 6.92 Å². The van der Waals surface area contributed by atoms with Crippen LogP contribution in [-0.4, -0.2) is 42.5 Å². The van der Waals surface area contributed by atoms with Gasteiger partial charge in [0.15, 0.2) is 0 Å². The summed E-state index contributed by atoms with van der Waals surface area (Å²) in [4.78, 5) is 0.0565. The van der Waals surface area contributed by atoms with Crippen molar-refractivity contribution in [2.45, 2.75) is 63.2 Å². The molecule has 5 heteroatoms. The summed E-state index contributed by atoms with van der Waals surface area (Å²) in [6.45, 7) is 2.20. The first kappa shape index (κ1) is 20.1. The molecule has 0 heterocycles. The molecule has 1 aromatic carbocycles. The molecule has 0 amide bonds. The van der Waals surface area contributed by atoms with Gasteiger partial charge in [0, 0.05) is 0 Å². The first-order chi connectivity index (χ1) is 9.05. The van der Waals surface area contributed by atoms with Crippen molar-refractivity contribution in [2.24, 2.45) is 0 Å². The second-order valence-corrected chi connectivity index (χ2v) is 6.34. The summed E-state index contributed by atoms with van der Waals surface area (Å²) in [5, 5.41) is 0. The van der Waals surface area contributed by atoms with Gasteiger partial charge in [-0.1, -0.05) is 63.6 Å². The fourth-order valence-electron chi connectivity index (χ4n) is 2.23. The van der Waals surface area contributed by atoms with Crippen LogP contribution in [0.25, 0.3) is 0 Å². The van der Waals surface area contributed by atoms with E-state index >= 15 is 0 Å². The molecule has 0 aliphatic carbocycles. The molecule has 0 radical (unpaired) electrons. The molecule has 0 bridgehead atoms. The third kappa shape index (κ3) is 7.79. The Hall–Kier alpha value is 0.130. The first-order valence-corrected chi connectivity index (χ1v) is 8.55. The average Bonchev–Trinajstić information content (AvgIpc) is 2.37. The van der Waals surface area contributed by atoms with Crippen molar-refractivity contribution in [3.63, 3.8) is 0 Å². The van der Waals surface area contributed by atoms with Gasteiger partial charge in [-0.25, -0.2) is 0 Å². The predicted octanol–water partition coefficient (Wildman–Crippen LogP) is 3.58. The second kappa shape index (κ2) is 10.8. The van der Waals surface area contributed by atoms with Gasteiger partial charge in [0.25, 0.3) is 10.1 Å². The van der Waals surface area contributed by atoms with Gasteiger partial charge < -0.3 is 0 Å². The summed E-state index contributed by atoms with van der Waals surface area (Å²) < 4.78 is 31.6. The molecule has 1 aromatic rings. The SMILES string of the molecule is CCCCCCCCCc1ccccc1S(=O)(=O)O.[NaH]. The quantitative estimate of drug-likeness (QED) is 0.431. The topological polar surface area (TPSA) is 54.4 Å². The third-order valence-corrected chi connectivity index (χ3v) is 4.25. The number of aryl methyl sites for hydroxylation is 1. The molecule has 0 fully saturated rings. The second-order valence-electron chi connectivity index (χ2n) is 4.95. The van der Waals surface area contributed by atoms with E-state index in [0.717, 1.165) is 18.4 Å². The average molecular weight is 308 g/mol. The van der Waals surface area contributed by atoms with E-state index in [4.69, 9.17) is 4.55 Å². The van der Waals surface area contributed by atoms with Crippen LogP contribution in [0.3, 0.4) is 0 Å². The molecule has 0 saturated carbocycles. The molecule has 1 N–H and O–H groups in total. The van der Waals surface area contributed by atoms with Gasteiger partial charge >= 0.3 is 29.6 Å². The van der Waals surface area contributed by atoms with E-state index in [0.29, 0.717) is 6.42 Å². The zero-order valence-electron chi connectivity index (χ0n) is 11.6. The summed E-state index contributed by atoms with van der Waals surface area (Å²) in [5.41, 5.74) is 0.721. The number of unbranched alkanes of at least 4 members (excludes halogenated alkanes) is 6. The summed E-state index contributed by atoms with van der Waals surface area (Å²) in [5.74, 6) is 0. The third-order valence-electron chi connectivity index (χ3n) is 3.30. The molecule has 0 atom stereocenters. The van der Waals surface area contributed by atoms with Crippen molar-refractivity contribution in [1.29, 1.82) is 0 Å². The van der Waals surface area contributed by atoms with Gasteiger partial charge in [-0.15, -0.1) is 0 Å². The van der Waals surface area contributed by atoms with Crippen molar-refractivity contribution in [3.8, 4) is 0 Å². The van der Waals surface area contributed by atoms with Crippen LogP contribution in [0.5, 0.6) is 0 Å². The van der Waals surface area contributed by atoms with Crippen LogP contribution < -0.4 is 0 Å². The van der Waals surface area contributed by atoms with Gasteiger partial charge in [-0.3, -0.25) is 4.55 Å². The zero-order valence-corrected chi connectivity index (χ0v) is 12.5. The molecule has 0 aliphatic rings. The molecule has 0 spiro atoms. The Kier molecular flexibility index (Phi) is 10.9. The normalized spacial score (nSPS) is 11.1. The van der Waals surface area contributed by atoms with Crippen LogP contribution in [0.2, 0.25) is 0 Å². The predicted molar refractivity (Wildman–Crippen MR) is 85.1 cm³/mol. The van der Waals surface area contributed by atoms with Crippen LogP contribution in [0.1, 0.15) is 57.4 Å². The first-order valence-electron chi connectivity index (χ1n) is 7.11. The van der Waals surface area contributed by atoms with Crippen molar-refractivity contribution >= 4 is 39.7 Å². The fraction of sp³-hybridized carbons (Fsp3) is 0.600. The van der Waals surface area contributed by atoms with Crippen molar-refractivity contribution in [3.05, 3.63) is 29.8 Å². The molecule has 0 aliphatic heterocycles. The molecule has 0 aromatic heterocycles. The zero-order chi connectivity index (χ0) is 14.1. The summed E-state index contributed by atoms with van der Waals surface area (Å²) in [6.07, 6.45) is 9.10. The maximum atomic E-state index is 11.2. The van der Waals surface area contributed by atoms with Gasteiger partial charge in [0.1, 0.15) is 0 Å². The van der Waals surface area contributed by atoms with Crippen LogP contribution in [0.4, 0.5) is 0 Å². The van der Waals surface area contributed by atoms with Gasteiger partial charge in [-0.2, -0.15) is 8.42 Å². The van der Waals surface area contributed by atoms with E-state index < -0.39 is 10.1 Å². The number of hydrogen-bond acceptors (Lipinski definition) is 2. The van der Waals surface area contributed by atoms with Crippen molar-refractivity contribution < 1.29 is 13.0 Å². The minimum absolute atomic E-state index is 0. The van der Waals surface area contributed by atoms with E-state index in [9.17, 15) is 8.42 Å². The minimum atomic E-state index is -4.09. The van der Waals surface area contributed by atoms with Crippen LogP contribution in [0, 0.1) is 0 Å². The van der Waals surface area contributed by atoms with E-state index in [1.807, 2.05) is 6.07 Å². The van der Waals surface area contributed by atoms with E-state index in [-0.39, 0.29) is 34.5 Å². The summed E-state index contributed by atoms with van der Waals surface area (Å²) >= 11 is 0. The molecule has 20 heavy (non-hydrogen) atoms. The Balaban J connectivity index is 0.00000361. The maximum absolute atomic E-state index is 11.2. The number of benzene rings is 1. The van der Waals surface area contributed by atoms with Crippen LogP contribution >= 0.6 is 0 Å². The van der Waals surface area contributed by atoms with E-state index in [1.54, 1.807) is 12.1 Å². The molecule has 0 unspecified atom stereocenters. The molecule has 110 valence electrons. The molecular weight excluding hydrogens is 283 g/mol. The molecular formula is C15H25NaO3S. The van der Waals surface area contributed by atoms with Crippen LogP contribution in [0.15, 0.2) is 29.2 Å². The monoisotopic (exact) mass is 308 g/mol. The fourth-order valence-corrected chi connectivity index (χ4v) is 2.99. The Labute approximate surface area is 145 Å². The Bertz CT molecular complexity index is 472. The standard InChI is InChI=1S/C15H24O3S.Na.H/c1-2-3-4-5-6-7-8-11-14-12-9-10-13-15(14)19(16,17)18;;/h9-10,12-13H,2-8,11H2,1H3,(H,16,17,18);;.